The summed E-state index contributed by atoms with van der Waals surface area (Å²) in [6, 6.07) is 0.889. The molecule has 1 aliphatic heterocycles. The molecular weight excluding hydrogens is 336 g/mol. The van der Waals surface area contributed by atoms with E-state index >= 15 is 0 Å². The summed E-state index contributed by atoms with van der Waals surface area (Å²) in [6.45, 7) is 17.6. The van der Waals surface area contributed by atoms with Gasteiger partial charge in [-0.05, 0) is 49.3 Å². The molecule has 0 aromatic rings. The minimum atomic E-state index is -0.813. The lowest BCUT2D eigenvalue weighted by Gasteiger charge is -2.27. The van der Waals surface area contributed by atoms with Crippen LogP contribution in [0, 0.1) is 5.92 Å². The molecule has 2 aliphatic rings. The Morgan fingerprint density at radius 3 is 2.85 bits per heavy atom. The molecule has 1 fully saturated rings. The van der Waals surface area contributed by atoms with Gasteiger partial charge in [-0.3, -0.25) is 9.89 Å². The van der Waals surface area contributed by atoms with E-state index in [1.807, 2.05) is 18.4 Å². The maximum atomic E-state index is 9.69. The molecule has 3 unspecified atom stereocenters. The summed E-state index contributed by atoms with van der Waals surface area (Å²) in [6.07, 6.45) is 11.4. The largest absolute Gasteiger partial charge is 0.388 e. The zero-order valence-corrected chi connectivity index (χ0v) is 17.4. The van der Waals surface area contributed by atoms with Crippen LogP contribution in [0.2, 0.25) is 0 Å². The quantitative estimate of drug-likeness (QED) is 0.316. The third-order valence-corrected chi connectivity index (χ3v) is 5.17. The summed E-state index contributed by atoms with van der Waals surface area (Å²) in [5.41, 5.74) is 3.42. The van der Waals surface area contributed by atoms with Crippen LogP contribution in [-0.2, 0) is 4.74 Å². The summed E-state index contributed by atoms with van der Waals surface area (Å²) >= 11 is 0. The predicted molar refractivity (Wildman–Crippen MR) is 114 cm³/mol. The van der Waals surface area contributed by atoms with Crippen molar-refractivity contribution in [2.45, 2.75) is 64.6 Å². The van der Waals surface area contributed by atoms with Gasteiger partial charge in [-0.15, -0.1) is 0 Å². The Kier molecular flexibility index (Phi) is 7.78. The van der Waals surface area contributed by atoms with Crippen LogP contribution in [0.1, 0.15) is 47.0 Å². The molecule has 0 aromatic heterocycles. The van der Waals surface area contributed by atoms with E-state index in [0.717, 1.165) is 25.8 Å². The van der Waals surface area contributed by atoms with Crippen LogP contribution < -0.4 is 0 Å². The summed E-state index contributed by atoms with van der Waals surface area (Å²) in [5.74, 6) is 0.334. The van der Waals surface area contributed by atoms with Crippen LogP contribution in [0.25, 0.3) is 0 Å². The molecule has 1 heterocycles. The topological polar surface area (TPSA) is 45.1 Å². The first-order valence-electron chi connectivity index (χ1n) is 10.0. The van der Waals surface area contributed by atoms with Gasteiger partial charge in [0.05, 0.1) is 12.2 Å². The van der Waals surface area contributed by atoms with Gasteiger partial charge in [0.15, 0.2) is 0 Å². The average molecular weight is 373 g/mol. The Hall–Kier alpha value is -1.49. The molecule has 0 spiro atoms. The van der Waals surface area contributed by atoms with E-state index in [2.05, 4.69) is 43.0 Å². The maximum Gasteiger partial charge on any atom is 0.137 e. The van der Waals surface area contributed by atoms with Crippen molar-refractivity contribution in [3.63, 3.8) is 0 Å². The monoisotopic (exact) mass is 372 g/mol. The van der Waals surface area contributed by atoms with Gasteiger partial charge in [-0.1, -0.05) is 51.7 Å². The van der Waals surface area contributed by atoms with E-state index < -0.39 is 5.60 Å². The van der Waals surface area contributed by atoms with E-state index in [1.54, 1.807) is 19.4 Å². The summed E-state index contributed by atoms with van der Waals surface area (Å²) in [7, 11) is 0. The Bertz CT molecular complexity index is 625. The Balaban J connectivity index is 1.93. The van der Waals surface area contributed by atoms with Gasteiger partial charge in [0.25, 0.3) is 0 Å². The zero-order valence-electron chi connectivity index (χ0n) is 17.4. The SMILES string of the molecule is C=C/C=C\C(C)C(=C)C1=C2CC2N(C(C=NCOCC(C)(C)O)CCC)C1. The number of hydrogen-bond acceptors (Lipinski definition) is 4. The van der Waals surface area contributed by atoms with Gasteiger partial charge in [0.1, 0.15) is 6.73 Å². The summed E-state index contributed by atoms with van der Waals surface area (Å²) < 4.78 is 5.45. The van der Waals surface area contributed by atoms with Crippen molar-refractivity contribution in [1.29, 1.82) is 0 Å². The number of ether oxygens (including phenoxy) is 1. The number of aliphatic hydroxyl groups is 1. The van der Waals surface area contributed by atoms with Gasteiger partial charge < -0.3 is 9.84 Å². The third-order valence-electron chi connectivity index (χ3n) is 5.17. The van der Waals surface area contributed by atoms with Gasteiger partial charge >= 0.3 is 0 Å². The number of fused-ring (bicyclic) bond motifs is 1. The summed E-state index contributed by atoms with van der Waals surface area (Å²) in [4.78, 5) is 7.03. The minimum Gasteiger partial charge on any atom is -0.388 e. The number of allylic oxidation sites excluding steroid dienone is 3. The molecular formula is C23H36N2O2. The Morgan fingerprint density at radius 1 is 1.48 bits per heavy atom. The lowest BCUT2D eigenvalue weighted by atomic mass is 9.94. The second-order valence-corrected chi connectivity index (χ2v) is 8.31. The van der Waals surface area contributed by atoms with Crippen molar-refractivity contribution >= 4 is 6.21 Å². The molecule has 3 atom stereocenters. The van der Waals surface area contributed by atoms with Crippen molar-refractivity contribution in [2.24, 2.45) is 10.9 Å². The van der Waals surface area contributed by atoms with Gasteiger partial charge in [-0.25, -0.2) is 0 Å². The smallest absolute Gasteiger partial charge is 0.137 e. The number of aliphatic imine (C=N–C) groups is 1. The van der Waals surface area contributed by atoms with Gasteiger partial charge in [-0.2, -0.15) is 0 Å². The lowest BCUT2D eigenvalue weighted by Crippen LogP contribution is -2.37. The van der Waals surface area contributed by atoms with Crippen molar-refractivity contribution in [1.82, 2.24) is 4.90 Å². The fourth-order valence-corrected chi connectivity index (χ4v) is 3.61. The first-order chi connectivity index (χ1) is 12.8. The fourth-order valence-electron chi connectivity index (χ4n) is 3.61. The Morgan fingerprint density at radius 2 is 2.22 bits per heavy atom. The van der Waals surface area contributed by atoms with E-state index in [4.69, 9.17) is 4.74 Å². The zero-order chi connectivity index (χ0) is 20.0. The highest BCUT2D eigenvalue weighted by atomic mass is 16.5. The Labute approximate surface area is 165 Å². The fraction of sp³-hybridized carbons (Fsp3) is 0.609. The lowest BCUT2D eigenvalue weighted by molar-refractivity contribution is -0.0184. The highest BCUT2D eigenvalue weighted by Gasteiger charge is 2.46. The van der Waals surface area contributed by atoms with E-state index in [-0.39, 0.29) is 0 Å². The predicted octanol–water partition coefficient (Wildman–Crippen LogP) is 4.29. The van der Waals surface area contributed by atoms with Crippen molar-refractivity contribution in [2.75, 3.05) is 19.9 Å². The highest BCUT2D eigenvalue weighted by Crippen LogP contribution is 2.48. The molecule has 1 saturated carbocycles. The van der Waals surface area contributed by atoms with E-state index in [1.165, 1.54) is 11.1 Å². The molecule has 4 nitrogen and oxygen atoms in total. The second-order valence-electron chi connectivity index (χ2n) is 8.31. The average Bonchev–Trinajstić information content (AvgIpc) is 3.31. The van der Waals surface area contributed by atoms with Crippen molar-refractivity contribution < 1.29 is 9.84 Å². The van der Waals surface area contributed by atoms with E-state index in [9.17, 15) is 5.11 Å². The van der Waals surface area contributed by atoms with Crippen LogP contribution in [-0.4, -0.2) is 53.8 Å². The minimum absolute atomic E-state index is 0.293. The molecule has 0 saturated heterocycles. The number of nitrogens with zero attached hydrogens (tertiary/aromatic N) is 2. The molecule has 0 amide bonds. The van der Waals surface area contributed by atoms with E-state index in [0.29, 0.717) is 31.3 Å². The molecule has 4 heteroatoms. The third kappa shape index (κ3) is 6.27. The number of rotatable bonds is 12. The molecule has 2 rings (SSSR count). The van der Waals surface area contributed by atoms with Crippen LogP contribution in [0.5, 0.6) is 0 Å². The first kappa shape index (κ1) is 21.8. The maximum absolute atomic E-state index is 9.69. The summed E-state index contributed by atoms with van der Waals surface area (Å²) in [5, 5.41) is 9.69. The standard InChI is InChI=1S/C23H36N2O2/c1-7-9-11-17(3)18(4)21-14-25(22-12-20(21)22)19(10-8-2)13-24-16-27-15-23(5,6)26/h7,9,11,13,17,19,22,26H,1,4,8,10,12,14-16H2,2-3,5-6H3/b11-9-,24-13?. The van der Waals surface area contributed by atoms with Crippen molar-refractivity contribution in [3.8, 4) is 0 Å². The van der Waals surface area contributed by atoms with Crippen molar-refractivity contribution in [3.05, 3.63) is 48.1 Å². The van der Waals surface area contributed by atoms with Crippen LogP contribution in [0.3, 0.4) is 0 Å². The van der Waals surface area contributed by atoms with Crippen LogP contribution in [0.15, 0.2) is 53.1 Å². The van der Waals surface area contributed by atoms with Crippen LogP contribution in [0.4, 0.5) is 0 Å². The normalized spacial score (nSPS) is 22.5. The first-order valence-corrected chi connectivity index (χ1v) is 10.0. The molecule has 0 aromatic carbocycles. The van der Waals surface area contributed by atoms with Gasteiger partial charge in [0.2, 0.25) is 0 Å². The molecule has 0 radical (unpaired) electrons. The molecule has 1 N–H and O–H groups in total. The molecule has 27 heavy (non-hydrogen) atoms. The molecule has 1 aliphatic carbocycles. The molecule has 0 bridgehead atoms. The highest BCUT2D eigenvalue weighted by molar-refractivity contribution is 5.66. The molecule has 150 valence electrons. The second kappa shape index (κ2) is 9.63. The number of hydrogen-bond donors (Lipinski definition) is 1. The van der Waals surface area contributed by atoms with Crippen LogP contribution >= 0.6 is 0 Å². The van der Waals surface area contributed by atoms with Gasteiger partial charge in [0, 0.05) is 24.8 Å².